The van der Waals surface area contributed by atoms with Crippen molar-refractivity contribution in [3.63, 3.8) is 0 Å². The van der Waals surface area contributed by atoms with Gasteiger partial charge in [0.1, 0.15) is 5.82 Å². The maximum absolute atomic E-state index is 13.2. The number of piperazine rings is 1. The van der Waals surface area contributed by atoms with Crippen LogP contribution in [-0.2, 0) is 21.6 Å². The first-order valence-corrected chi connectivity index (χ1v) is 13.2. The average molecular weight is 485 g/mol. The number of morpholine rings is 1. The van der Waals surface area contributed by atoms with Gasteiger partial charge in [0.2, 0.25) is 0 Å². The van der Waals surface area contributed by atoms with Crippen molar-refractivity contribution in [1.82, 2.24) is 28.3 Å². The largest absolute Gasteiger partial charge is 0.373 e. The summed E-state index contributed by atoms with van der Waals surface area (Å²) in [5.74, 6) is 1.55. The van der Waals surface area contributed by atoms with Gasteiger partial charge in [0.15, 0.2) is 5.82 Å². The summed E-state index contributed by atoms with van der Waals surface area (Å²) in [6.07, 6.45) is -0.187. The Bertz CT molecular complexity index is 1260. The molecule has 0 unspecified atom stereocenters. The van der Waals surface area contributed by atoms with Gasteiger partial charge >= 0.3 is 0 Å². The second kappa shape index (κ2) is 9.35. The van der Waals surface area contributed by atoms with Gasteiger partial charge in [0, 0.05) is 44.8 Å². The average Bonchev–Trinajstić information content (AvgIpc) is 3.18. The summed E-state index contributed by atoms with van der Waals surface area (Å²) in [7, 11) is -3.49. The fourth-order valence-electron chi connectivity index (χ4n) is 4.87. The lowest BCUT2D eigenvalue weighted by molar-refractivity contribution is -0.0458. The zero-order valence-electron chi connectivity index (χ0n) is 20.0. The number of aryl methyl sites for hydroxylation is 1. The molecular weight excluding hydrogens is 452 g/mol. The summed E-state index contributed by atoms with van der Waals surface area (Å²) in [4.78, 5) is 6.91. The van der Waals surface area contributed by atoms with E-state index in [-0.39, 0.29) is 12.2 Å². The molecule has 9 nitrogen and oxygen atoms in total. The highest BCUT2D eigenvalue weighted by Gasteiger charge is 2.36. The van der Waals surface area contributed by atoms with Gasteiger partial charge in [0.25, 0.3) is 10.2 Å². The Labute approximate surface area is 201 Å². The second-order valence-corrected chi connectivity index (χ2v) is 11.2. The molecule has 0 aliphatic carbocycles. The van der Waals surface area contributed by atoms with E-state index in [9.17, 15) is 8.42 Å². The van der Waals surface area contributed by atoms with E-state index in [1.165, 1.54) is 5.39 Å². The lowest BCUT2D eigenvalue weighted by Crippen LogP contribution is -2.57. The van der Waals surface area contributed by atoms with Gasteiger partial charge in [-0.25, -0.2) is 9.67 Å². The van der Waals surface area contributed by atoms with Gasteiger partial charge < -0.3 is 4.74 Å². The lowest BCUT2D eigenvalue weighted by Gasteiger charge is -2.40. The Hall–Kier alpha value is -2.37. The molecule has 0 N–H and O–H groups in total. The first-order valence-electron chi connectivity index (χ1n) is 11.8. The highest BCUT2D eigenvalue weighted by molar-refractivity contribution is 7.86. The maximum Gasteiger partial charge on any atom is 0.282 e. The number of hydrogen-bond donors (Lipinski definition) is 0. The molecule has 0 radical (unpaired) electrons. The van der Waals surface area contributed by atoms with Gasteiger partial charge in [-0.05, 0) is 37.6 Å². The molecule has 2 aromatic carbocycles. The molecule has 2 aliphatic rings. The Morgan fingerprint density at radius 3 is 2.32 bits per heavy atom. The first-order chi connectivity index (χ1) is 16.3. The molecule has 34 heavy (non-hydrogen) atoms. The molecule has 0 bridgehead atoms. The zero-order valence-corrected chi connectivity index (χ0v) is 20.8. The van der Waals surface area contributed by atoms with E-state index >= 15 is 0 Å². The fraction of sp³-hybridized carbons (Fsp3) is 0.500. The van der Waals surface area contributed by atoms with Gasteiger partial charge in [-0.3, -0.25) is 4.90 Å². The van der Waals surface area contributed by atoms with Crippen LogP contribution < -0.4 is 0 Å². The van der Waals surface area contributed by atoms with Crippen molar-refractivity contribution in [2.24, 2.45) is 0 Å². The number of hydrogen-bond acceptors (Lipinski definition) is 6. The van der Waals surface area contributed by atoms with Crippen molar-refractivity contribution in [3.05, 3.63) is 48.3 Å². The summed E-state index contributed by atoms with van der Waals surface area (Å²) >= 11 is 0. The SMILES string of the molecule is Cc1nc(-c2ccc3ccccc3c2)n(CN2CCN(S(=O)(=O)N3C[C@@H](C)O[C@@H](C)C3)CC2)n1. The minimum absolute atomic E-state index is 0.0936. The smallest absolute Gasteiger partial charge is 0.282 e. The minimum atomic E-state index is -3.49. The van der Waals surface area contributed by atoms with E-state index in [0.29, 0.717) is 45.9 Å². The van der Waals surface area contributed by atoms with Crippen molar-refractivity contribution >= 4 is 21.0 Å². The van der Waals surface area contributed by atoms with Crippen LogP contribution in [0.5, 0.6) is 0 Å². The Balaban J connectivity index is 1.27. The van der Waals surface area contributed by atoms with Crippen LogP contribution in [0.3, 0.4) is 0 Å². The van der Waals surface area contributed by atoms with Crippen molar-refractivity contribution in [1.29, 1.82) is 0 Å². The Morgan fingerprint density at radius 2 is 1.62 bits per heavy atom. The van der Waals surface area contributed by atoms with Crippen LogP contribution in [0.4, 0.5) is 0 Å². The van der Waals surface area contributed by atoms with Crippen molar-refractivity contribution in [2.45, 2.75) is 39.6 Å². The van der Waals surface area contributed by atoms with Crippen LogP contribution in [0.15, 0.2) is 42.5 Å². The molecule has 2 saturated heterocycles. The van der Waals surface area contributed by atoms with Crippen LogP contribution >= 0.6 is 0 Å². The molecule has 1 aromatic heterocycles. The van der Waals surface area contributed by atoms with Crippen molar-refractivity contribution < 1.29 is 13.2 Å². The first kappa shape index (κ1) is 23.4. The lowest BCUT2D eigenvalue weighted by atomic mass is 10.1. The normalized spacial score (nSPS) is 23.5. The highest BCUT2D eigenvalue weighted by atomic mass is 32.2. The third kappa shape index (κ3) is 4.73. The molecule has 3 aromatic rings. The predicted octanol–water partition coefficient (Wildman–Crippen LogP) is 2.34. The topological polar surface area (TPSA) is 83.8 Å². The van der Waals surface area contributed by atoms with Crippen molar-refractivity contribution in [3.8, 4) is 11.4 Å². The van der Waals surface area contributed by atoms with Gasteiger partial charge in [0.05, 0.1) is 18.9 Å². The molecule has 0 spiro atoms. The summed E-state index contributed by atoms with van der Waals surface area (Å²) in [5, 5.41) is 6.98. The Morgan fingerprint density at radius 1 is 0.941 bits per heavy atom. The van der Waals surface area contributed by atoms with Crippen LogP contribution in [-0.4, -0.2) is 88.2 Å². The molecule has 0 amide bonds. The minimum Gasteiger partial charge on any atom is -0.373 e. The number of benzene rings is 2. The van der Waals surface area contributed by atoms with Gasteiger partial charge in [-0.15, -0.1) is 0 Å². The van der Waals surface area contributed by atoms with Crippen LogP contribution in [0, 0.1) is 6.92 Å². The summed E-state index contributed by atoms with van der Waals surface area (Å²) < 4.78 is 37.2. The zero-order chi connectivity index (χ0) is 23.9. The number of aromatic nitrogens is 3. The molecular formula is C24H32N6O3S. The van der Waals surface area contributed by atoms with E-state index in [1.807, 2.05) is 37.6 Å². The van der Waals surface area contributed by atoms with E-state index in [1.54, 1.807) is 8.61 Å². The van der Waals surface area contributed by atoms with Crippen molar-refractivity contribution in [2.75, 3.05) is 39.3 Å². The fourth-order valence-corrected chi connectivity index (χ4v) is 6.62. The number of nitrogens with zero attached hydrogens (tertiary/aromatic N) is 6. The molecule has 2 aliphatic heterocycles. The third-order valence-electron chi connectivity index (χ3n) is 6.49. The predicted molar refractivity (Wildman–Crippen MR) is 131 cm³/mol. The maximum atomic E-state index is 13.2. The second-order valence-electron chi connectivity index (χ2n) is 9.28. The molecule has 5 rings (SSSR count). The number of rotatable bonds is 5. The molecule has 10 heteroatoms. The quantitative estimate of drug-likeness (QED) is 0.553. The van der Waals surface area contributed by atoms with Gasteiger partial charge in [-0.2, -0.15) is 22.1 Å². The summed E-state index contributed by atoms with van der Waals surface area (Å²) in [5.41, 5.74) is 1.02. The van der Waals surface area contributed by atoms with E-state index < -0.39 is 10.2 Å². The van der Waals surface area contributed by atoms with E-state index in [2.05, 4.69) is 45.3 Å². The summed E-state index contributed by atoms with van der Waals surface area (Å²) in [6, 6.07) is 14.6. The molecule has 2 fully saturated rings. The monoisotopic (exact) mass is 484 g/mol. The number of ether oxygens (including phenoxy) is 1. The van der Waals surface area contributed by atoms with Crippen LogP contribution in [0.2, 0.25) is 0 Å². The van der Waals surface area contributed by atoms with Crippen LogP contribution in [0.25, 0.3) is 22.2 Å². The summed E-state index contributed by atoms with van der Waals surface area (Å²) in [6.45, 7) is 9.32. The van der Waals surface area contributed by atoms with Crippen LogP contribution in [0.1, 0.15) is 19.7 Å². The molecule has 3 heterocycles. The van der Waals surface area contributed by atoms with Gasteiger partial charge in [-0.1, -0.05) is 36.4 Å². The van der Waals surface area contributed by atoms with E-state index in [4.69, 9.17) is 4.74 Å². The standard InChI is InChI=1S/C24H32N6O3S/c1-18-15-29(16-19(2)33-18)34(31,32)28-12-10-27(11-13-28)17-30-24(25-20(3)26-30)23-9-8-21-6-4-5-7-22(21)14-23/h4-9,14,18-19H,10-13,15-17H2,1-3H3/t18-,19+. The third-order valence-corrected chi connectivity index (χ3v) is 8.46. The van der Waals surface area contributed by atoms with E-state index in [0.717, 1.165) is 22.6 Å². The Kier molecular flexibility index (Phi) is 6.43. The molecule has 182 valence electrons. The molecule has 2 atom stereocenters. The highest BCUT2D eigenvalue weighted by Crippen LogP contribution is 2.24. The molecule has 0 saturated carbocycles. The number of fused-ring (bicyclic) bond motifs is 1.